The lowest BCUT2D eigenvalue weighted by Crippen LogP contribution is -2.05. The van der Waals surface area contributed by atoms with Crippen LogP contribution in [0.15, 0.2) is 6.20 Å². The normalized spacial score (nSPS) is 19.3. The Morgan fingerprint density at radius 1 is 1.60 bits per heavy atom. The van der Waals surface area contributed by atoms with Crippen LogP contribution in [0.2, 0.25) is 5.15 Å². The minimum absolute atomic E-state index is 0.155. The van der Waals surface area contributed by atoms with Crippen LogP contribution in [-0.4, -0.2) is 20.7 Å². The summed E-state index contributed by atoms with van der Waals surface area (Å²) in [5, 5.41) is 4.80. The number of hydrogen-bond donors (Lipinski definition) is 0. The van der Waals surface area contributed by atoms with Crippen LogP contribution < -0.4 is 4.74 Å². The maximum atomic E-state index is 6.10. The molecule has 1 aliphatic rings. The molecule has 0 bridgehead atoms. The zero-order valence-corrected chi connectivity index (χ0v) is 9.25. The van der Waals surface area contributed by atoms with Crippen LogP contribution in [0.3, 0.4) is 0 Å². The standard InChI is InChI=1S/C10H10ClN3O/c1-5-4-12-10-8-7(3-6(2)15-8)9(11)13-14(5)10/h4,6H,3H2,1-2H3. The fraction of sp³-hybridized carbons (Fsp3) is 0.400. The summed E-state index contributed by atoms with van der Waals surface area (Å²) in [5.74, 6) is 0.788. The maximum absolute atomic E-state index is 6.10. The average molecular weight is 224 g/mol. The molecule has 0 fully saturated rings. The Bertz CT molecular complexity index is 549. The first kappa shape index (κ1) is 8.97. The van der Waals surface area contributed by atoms with Crippen LogP contribution in [0.5, 0.6) is 5.75 Å². The van der Waals surface area contributed by atoms with E-state index in [-0.39, 0.29) is 6.10 Å². The van der Waals surface area contributed by atoms with Gasteiger partial charge in [-0.25, -0.2) is 9.50 Å². The van der Waals surface area contributed by atoms with Gasteiger partial charge in [-0.3, -0.25) is 0 Å². The Hall–Kier alpha value is -1.29. The fourth-order valence-electron chi connectivity index (χ4n) is 1.92. The third-order valence-corrected chi connectivity index (χ3v) is 2.94. The Labute approximate surface area is 91.8 Å². The van der Waals surface area contributed by atoms with Crippen molar-refractivity contribution in [3.8, 4) is 5.75 Å². The molecule has 1 aliphatic heterocycles. The molecule has 3 rings (SSSR count). The highest BCUT2D eigenvalue weighted by atomic mass is 35.5. The van der Waals surface area contributed by atoms with E-state index in [1.807, 2.05) is 13.8 Å². The third-order valence-electron chi connectivity index (χ3n) is 2.63. The summed E-state index contributed by atoms with van der Waals surface area (Å²) in [6, 6.07) is 0. The first-order chi connectivity index (χ1) is 7.16. The molecule has 5 heteroatoms. The van der Waals surface area contributed by atoms with Gasteiger partial charge >= 0.3 is 0 Å². The van der Waals surface area contributed by atoms with E-state index in [4.69, 9.17) is 16.3 Å². The Balaban J connectivity index is 2.39. The van der Waals surface area contributed by atoms with Crippen LogP contribution >= 0.6 is 11.6 Å². The molecule has 0 amide bonds. The molecule has 15 heavy (non-hydrogen) atoms. The van der Waals surface area contributed by atoms with Crippen molar-refractivity contribution >= 4 is 17.2 Å². The third kappa shape index (κ3) is 1.14. The van der Waals surface area contributed by atoms with Crippen LogP contribution in [0.25, 0.3) is 5.65 Å². The van der Waals surface area contributed by atoms with E-state index in [9.17, 15) is 0 Å². The van der Waals surface area contributed by atoms with Gasteiger partial charge in [-0.2, -0.15) is 5.10 Å². The molecule has 3 heterocycles. The van der Waals surface area contributed by atoms with E-state index in [1.54, 1.807) is 10.7 Å². The van der Waals surface area contributed by atoms with Gasteiger partial charge in [0.2, 0.25) is 0 Å². The van der Waals surface area contributed by atoms with Gasteiger partial charge in [-0.1, -0.05) is 11.6 Å². The van der Waals surface area contributed by atoms with Gasteiger partial charge in [0.1, 0.15) is 6.10 Å². The van der Waals surface area contributed by atoms with Crippen LogP contribution in [0.1, 0.15) is 18.2 Å². The quantitative estimate of drug-likeness (QED) is 0.686. The highest BCUT2D eigenvalue weighted by molar-refractivity contribution is 6.30. The first-order valence-electron chi connectivity index (χ1n) is 4.86. The summed E-state index contributed by atoms with van der Waals surface area (Å²) >= 11 is 6.10. The van der Waals surface area contributed by atoms with Crippen LogP contribution in [-0.2, 0) is 6.42 Å². The second-order valence-corrected chi connectivity index (χ2v) is 4.22. The molecule has 0 saturated carbocycles. The van der Waals surface area contributed by atoms with Crippen molar-refractivity contribution in [3.05, 3.63) is 22.6 Å². The minimum atomic E-state index is 0.155. The summed E-state index contributed by atoms with van der Waals surface area (Å²) in [4.78, 5) is 4.28. The fourth-order valence-corrected chi connectivity index (χ4v) is 2.16. The number of nitrogens with zero attached hydrogens (tertiary/aromatic N) is 3. The van der Waals surface area contributed by atoms with Gasteiger partial charge in [0.15, 0.2) is 16.5 Å². The zero-order valence-electron chi connectivity index (χ0n) is 8.49. The minimum Gasteiger partial charge on any atom is -0.486 e. The lowest BCUT2D eigenvalue weighted by Gasteiger charge is -2.04. The second kappa shape index (κ2) is 2.85. The monoisotopic (exact) mass is 223 g/mol. The molecule has 0 N–H and O–H groups in total. The largest absolute Gasteiger partial charge is 0.486 e. The molecule has 4 nitrogen and oxygen atoms in total. The Morgan fingerprint density at radius 2 is 2.40 bits per heavy atom. The molecule has 0 aromatic carbocycles. The molecule has 0 saturated heterocycles. The summed E-state index contributed by atoms with van der Waals surface area (Å²) in [5.41, 5.74) is 2.69. The van der Waals surface area contributed by atoms with Crippen molar-refractivity contribution in [1.29, 1.82) is 0 Å². The topological polar surface area (TPSA) is 39.4 Å². The molecule has 0 aliphatic carbocycles. The van der Waals surface area contributed by atoms with Crippen LogP contribution in [0, 0.1) is 6.92 Å². The predicted octanol–water partition coefficient (Wildman–Crippen LogP) is 2.01. The average Bonchev–Trinajstić information content (AvgIpc) is 2.71. The van der Waals surface area contributed by atoms with E-state index in [0.717, 1.165) is 29.1 Å². The van der Waals surface area contributed by atoms with Crippen LogP contribution in [0.4, 0.5) is 0 Å². The number of fused-ring (bicyclic) bond motifs is 3. The maximum Gasteiger partial charge on any atom is 0.197 e. The number of hydrogen-bond acceptors (Lipinski definition) is 3. The number of aromatic nitrogens is 3. The van der Waals surface area contributed by atoms with Gasteiger partial charge in [-0.05, 0) is 13.8 Å². The summed E-state index contributed by atoms with van der Waals surface area (Å²) in [6.07, 6.45) is 2.73. The van der Waals surface area contributed by atoms with Crippen molar-refractivity contribution in [2.45, 2.75) is 26.4 Å². The summed E-state index contributed by atoms with van der Waals surface area (Å²) < 4.78 is 7.43. The highest BCUT2D eigenvalue weighted by Crippen LogP contribution is 2.36. The SMILES string of the molecule is Cc1cnc2c3c(c(Cl)nn12)CC(C)O3. The van der Waals surface area contributed by atoms with Gasteiger partial charge in [0, 0.05) is 12.0 Å². The number of aryl methyl sites for hydroxylation is 1. The van der Waals surface area contributed by atoms with Gasteiger partial charge in [-0.15, -0.1) is 0 Å². The molecular weight excluding hydrogens is 214 g/mol. The van der Waals surface area contributed by atoms with Crippen molar-refractivity contribution in [3.63, 3.8) is 0 Å². The predicted molar refractivity (Wildman–Crippen MR) is 56.5 cm³/mol. The number of rotatable bonds is 0. The Morgan fingerprint density at radius 3 is 3.20 bits per heavy atom. The highest BCUT2D eigenvalue weighted by Gasteiger charge is 2.26. The molecule has 0 radical (unpaired) electrons. The number of imidazole rings is 1. The van der Waals surface area contributed by atoms with Gasteiger partial charge < -0.3 is 4.74 Å². The molecule has 2 aromatic heterocycles. The number of halogens is 1. The molecule has 1 atom stereocenters. The van der Waals surface area contributed by atoms with E-state index in [0.29, 0.717) is 5.15 Å². The van der Waals surface area contributed by atoms with Crippen molar-refractivity contribution < 1.29 is 4.74 Å². The molecule has 2 aromatic rings. The smallest absolute Gasteiger partial charge is 0.197 e. The first-order valence-corrected chi connectivity index (χ1v) is 5.24. The lowest BCUT2D eigenvalue weighted by molar-refractivity contribution is 0.256. The zero-order chi connectivity index (χ0) is 10.6. The van der Waals surface area contributed by atoms with Crippen molar-refractivity contribution in [2.75, 3.05) is 0 Å². The molecular formula is C10H10ClN3O. The molecule has 78 valence electrons. The van der Waals surface area contributed by atoms with E-state index in [1.165, 1.54) is 0 Å². The second-order valence-electron chi connectivity index (χ2n) is 3.87. The Kier molecular flexibility index (Phi) is 1.71. The van der Waals surface area contributed by atoms with Gasteiger partial charge in [0.25, 0.3) is 0 Å². The van der Waals surface area contributed by atoms with Crippen molar-refractivity contribution in [2.24, 2.45) is 0 Å². The summed E-state index contributed by atoms with van der Waals surface area (Å²) in [6.45, 7) is 3.96. The van der Waals surface area contributed by atoms with E-state index in [2.05, 4.69) is 10.1 Å². The van der Waals surface area contributed by atoms with Gasteiger partial charge in [0.05, 0.1) is 11.9 Å². The lowest BCUT2D eigenvalue weighted by atomic mass is 10.2. The van der Waals surface area contributed by atoms with E-state index < -0.39 is 0 Å². The molecule has 0 spiro atoms. The van der Waals surface area contributed by atoms with Crippen molar-refractivity contribution in [1.82, 2.24) is 14.6 Å². The number of ether oxygens (including phenoxy) is 1. The summed E-state index contributed by atoms with van der Waals surface area (Å²) in [7, 11) is 0. The molecule has 1 unspecified atom stereocenters. The van der Waals surface area contributed by atoms with E-state index >= 15 is 0 Å².